The number of hydrogen-bond acceptors (Lipinski definition) is 4. The van der Waals surface area contributed by atoms with Crippen molar-refractivity contribution in [1.82, 2.24) is 9.88 Å². The summed E-state index contributed by atoms with van der Waals surface area (Å²) in [5, 5.41) is 18.7. The highest BCUT2D eigenvalue weighted by Crippen LogP contribution is 2.15. The summed E-state index contributed by atoms with van der Waals surface area (Å²) >= 11 is 0. The molecule has 0 saturated carbocycles. The third-order valence-electron chi connectivity index (χ3n) is 1.64. The van der Waals surface area contributed by atoms with Crippen LogP contribution in [0.2, 0.25) is 0 Å². The van der Waals surface area contributed by atoms with Crippen molar-refractivity contribution in [2.24, 2.45) is 0 Å². The third kappa shape index (κ3) is 3.01. The Kier molecular flexibility index (Phi) is 3.22. The molecule has 4 heteroatoms. The van der Waals surface area contributed by atoms with Crippen molar-refractivity contribution in [2.75, 3.05) is 20.6 Å². The zero-order valence-electron chi connectivity index (χ0n) is 7.81. The summed E-state index contributed by atoms with van der Waals surface area (Å²) in [5.74, 6) is 0.128. The highest BCUT2D eigenvalue weighted by atomic mass is 16.3. The maximum atomic E-state index is 9.60. The van der Waals surface area contributed by atoms with E-state index in [4.69, 9.17) is 5.11 Å². The molecule has 2 N–H and O–H groups in total. The van der Waals surface area contributed by atoms with Crippen LogP contribution >= 0.6 is 0 Å². The van der Waals surface area contributed by atoms with Gasteiger partial charge in [0.05, 0.1) is 5.69 Å². The van der Waals surface area contributed by atoms with Crippen molar-refractivity contribution in [3.63, 3.8) is 0 Å². The summed E-state index contributed by atoms with van der Waals surface area (Å²) in [4.78, 5) is 5.81. The van der Waals surface area contributed by atoms with E-state index in [1.807, 2.05) is 19.0 Å². The number of aliphatic hydroxyl groups excluding tert-OH is 1. The van der Waals surface area contributed by atoms with Gasteiger partial charge in [-0.25, -0.2) is 0 Å². The third-order valence-corrected chi connectivity index (χ3v) is 1.64. The van der Waals surface area contributed by atoms with Gasteiger partial charge in [0.25, 0.3) is 0 Å². The predicted octanol–water partition coefficient (Wildman–Crippen LogP) is 0.382. The number of likely N-dealkylation sites (N-methyl/N-ethyl adjacent to an activating group) is 1. The van der Waals surface area contributed by atoms with Gasteiger partial charge >= 0.3 is 0 Å². The van der Waals surface area contributed by atoms with E-state index in [-0.39, 0.29) is 5.75 Å². The van der Waals surface area contributed by atoms with Crippen molar-refractivity contribution >= 4 is 0 Å². The van der Waals surface area contributed by atoms with E-state index in [1.165, 1.54) is 18.3 Å². The van der Waals surface area contributed by atoms with Crippen molar-refractivity contribution in [3.8, 4) is 5.75 Å². The monoisotopic (exact) mass is 182 g/mol. The number of aromatic hydroxyl groups is 1. The van der Waals surface area contributed by atoms with Gasteiger partial charge in [-0.05, 0) is 20.2 Å². The number of aliphatic hydroxyl groups is 1. The van der Waals surface area contributed by atoms with Crippen molar-refractivity contribution in [2.45, 2.75) is 6.10 Å². The van der Waals surface area contributed by atoms with Crippen molar-refractivity contribution < 1.29 is 10.2 Å². The lowest BCUT2D eigenvalue weighted by molar-refractivity contribution is 0.134. The molecule has 0 radical (unpaired) electrons. The van der Waals surface area contributed by atoms with Gasteiger partial charge in [0.15, 0.2) is 0 Å². The van der Waals surface area contributed by atoms with Crippen molar-refractivity contribution in [3.05, 3.63) is 24.0 Å². The molecule has 1 heterocycles. The van der Waals surface area contributed by atoms with Gasteiger partial charge < -0.3 is 15.1 Å². The van der Waals surface area contributed by atoms with E-state index in [0.29, 0.717) is 12.2 Å². The second kappa shape index (κ2) is 4.20. The highest BCUT2D eigenvalue weighted by Gasteiger charge is 2.09. The summed E-state index contributed by atoms with van der Waals surface area (Å²) in [6.07, 6.45) is 0.825. The maximum absolute atomic E-state index is 9.60. The molecule has 0 fully saturated rings. The van der Waals surface area contributed by atoms with Crippen LogP contribution < -0.4 is 0 Å². The lowest BCUT2D eigenvalue weighted by Crippen LogP contribution is -2.20. The highest BCUT2D eigenvalue weighted by molar-refractivity contribution is 5.22. The Bertz CT molecular complexity index is 276. The number of rotatable bonds is 3. The Morgan fingerprint density at radius 1 is 1.54 bits per heavy atom. The first-order valence-corrected chi connectivity index (χ1v) is 4.07. The van der Waals surface area contributed by atoms with Gasteiger partial charge in [-0.3, -0.25) is 4.98 Å². The summed E-state index contributed by atoms with van der Waals surface area (Å²) in [6.45, 7) is 0.496. The summed E-state index contributed by atoms with van der Waals surface area (Å²) in [7, 11) is 3.73. The Balaban J connectivity index is 2.71. The topological polar surface area (TPSA) is 56.6 Å². The molecule has 1 atom stereocenters. The van der Waals surface area contributed by atoms with Crippen LogP contribution in [0.4, 0.5) is 0 Å². The fraction of sp³-hybridized carbons (Fsp3) is 0.444. The van der Waals surface area contributed by atoms with E-state index < -0.39 is 6.10 Å². The molecule has 0 unspecified atom stereocenters. The molecule has 1 rings (SSSR count). The zero-order valence-corrected chi connectivity index (χ0v) is 7.81. The molecule has 0 aliphatic carbocycles. The van der Waals surface area contributed by atoms with Crippen LogP contribution in [-0.4, -0.2) is 40.7 Å². The number of aromatic nitrogens is 1. The largest absolute Gasteiger partial charge is 0.508 e. The van der Waals surface area contributed by atoms with E-state index in [0.717, 1.165) is 0 Å². The second-order valence-corrected chi connectivity index (χ2v) is 3.22. The minimum atomic E-state index is -0.651. The molecular weight excluding hydrogens is 168 g/mol. The van der Waals surface area contributed by atoms with Crippen molar-refractivity contribution in [1.29, 1.82) is 0 Å². The minimum absolute atomic E-state index is 0.128. The average Bonchev–Trinajstić information content (AvgIpc) is 2.03. The molecule has 1 aromatic heterocycles. The molecule has 13 heavy (non-hydrogen) atoms. The normalized spacial score (nSPS) is 13.2. The summed E-state index contributed by atoms with van der Waals surface area (Å²) in [6, 6.07) is 2.94. The molecule has 0 aliphatic rings. The molecule has 0 amide bonds. The number of nitrogens with zero attached hydrogens (tertiary/aromatic N) is 2. The maximum Gasteiger partial charge on any atom is 0.119 e. The van der Waals surface area contributed by atoms with Crippen LogP contribution in [0, 0.1) is 0 Å². The number of pyridine rings is 1. The molecule has 0 bridgehead atoms. The summed E-state index contributed by atoms with van der Waals surface area (Å²) in [5.41, 5.74) is 0.494. The number of hydrogen-bond donors (Lipinski definition) is 2. The SMILES string of the molecule is CN(C)C[C@@H](O)c1cc(O)ccn1. The average molecular weight is 182 g/mol. The molecule has 0 spiro atoms. The van der Waals surface area contributed by atoms with Crippen LogP contribution in [0.3, 0.4) is 0 Å². The lowest BCUT2D eigenvalue weighted by atomic mass is 10.2. The predicted molar refractivity (Wildman–Crippen MR) is 49.4 cm³/mol. The Morgan fingerprint density at radius 3 is 2.77 bits per heavy atom. The molecule has 4 nitrogen and oxygen atoms in total. The Hall–Kier alpha value is -1.13. The quantitative estimate of drug-likeness (QED) is 0.709. The molecule has 0 saturated heterocycles. The van der Waals surface area contributed by atoms with E-state index in [2.05, 4.69) is 4.98 Å². The lowest BCUT2D eigenvalue weighted by Gasteiger charge is -2.15. The van der Waals surface area contributed by atoms with E-state index in [1.54, 1.807) is 0 Å². The Morgan fingerprint density at radius 2 is 2.23 bits per heavy atom. The van der Waals surface area contributed by atoms with Gasteiger partial charge in [0.1, 0.15) is 11.9 Å². The zero-order chi connectivity index (χ0) is 9.84. The first kappa shape index (κ1) is 9.95. The molecule has 0 aliphatic heterocycles. The molecule has 72 valence electrons. The fourth-order valence-electron chi connectivity index (χ4n) is 1.06. The van der Waals surface area contributed by atoms with Crippen LogP contribution in [0.5, 0.6) is 5.75 Å². The van der Waals surface area contributed by atoms with Crippen LogP contribution in [0.1, 0.15) is 11.8 Å². The van der Waals surface area contributed by atoms with Crippen LogP contribution in [0.25, 0.3) is 0 Å². The first-order valence-electron chi connectivity index (χ1n) is 4.07. The Labute approximate surface area is 77.5 Å². The van der Waals surface area contributed by atoms with Gasteiger partial charge in [-0.2, -0.15) is 0 Å². The standard InChI is InChI=1S/C9H14N2O2/c1-11(2)6-9(13)8-5-7(12)3-4-10-8/h3-5,9,13H,6H2,1-2H3,(H,10,12)/t9-/m1/s1. The fourth-order valence-corrected chi connectivity index (χ4v) is 1.06. The smallest absolute Gasteiger partial charge is 0.119 e. The van der Waals surface area contributed by atoms with Gasteiger partial charge in [-0.15, -0.1) is 0 Å². The van der Waals surface area contributed by atoms with Crippen LogP contribution in [-0.2, 0) is 0 Å². The van der Waals surface area contributed by atoms with Gasteiger partial charge in [0.2, 0.25) is 0 Å². The molecule has 1 aromatic rings. The van der Waals surface area contributed by atoms with E-state index >= 15 is 0 Å². The van der Waals surface area contributed by atoms with E-state index in [9.17, 15) is 5.11 Å². The molecular formula is C9H14N2O2. The second-order valence-electron chi connectivity index (χ2n) is 3.22. The van der Waals surface area contributed by atoms with Crippen LogP contribution in [0.15, 0.2) is 18.3 Å². The first-order chi connectivity index (χ1) is 6.09. The van der Waals surface area contributed by atoms with Gasteiger partial charge in [-0.1, -0.05) is 0 Å². The molecule has 0 aromatic carbocycles. The van der Waals surface area contributed by atoms with Gasteiger partial charge in [0, 0.05) is 18.8 Å². The minimum Gasteiger partial charge on any atom is -0.508 e. The summed E-state index contributed by atoms with van der Waals surface area (Å²) < 4.78 is 0.